The van der Waals surface area contributed by atoms with Crippen molar-refractivity contribution in [2.45, 2.75) is 18.4 Å². The molecule has 0 radical (unpaired) electrons. The van der Waals surface area contributed by atoms with Gasteiger partial charge in [-0.25, -0.2) is 12.8 Å². The van der Waals surface area contributed by atoms with Crippen LogP contribution in [-0.2, 0) is 16.6 Å². The summed E-state index contributed by atoms with van der Waals surface area (Å²) in [6, 6.07) is 11.9. The van der Waals surface area contributed by atoms with Gasteiger partial charge in [0, 0.05) is 25.7 Å². The van der Waals surface area contributed by atoms with Crippen LogP contribution in [0.15, 0.2) is 47.4 Å². The second-order valence-electron chi connectivity index (χ2n) is 6.87. The van der Waals surface area contributed by atoms with Crippen molar-refractivity contribution in [2.75, 3.05) is 37.6 Å². The lowest BCUT2D eigenvalue weighted by atomic mass is 10.2. The van der Waals surface area contributed by atoms with Crippen LogP contribution >= 0.6 is 10.8 Å². The van der Waals surface area contributed by atoms with E-state index in [-0.39, 0.29) is 24.7 Å². The van der Waals surface area contributed by atoms with Gasteiger partial charge in [0.25, 0.3) is 0 Å². The summed E-state index contributed by atoms with van der Waals surface area (Å²) in [5.41, 5.74) is 1.37. The predicted molar refractivity (Wildman–Crippen MR) is 116 cm³/mol. The van der Waals surface area contributed by atoms with Gasteiger partial charge in [0.1, 0.15) is 23.1 Å². The first-order valence-corrected chi connectivity index (χ1v) is 12.7. The molecule has 0 spiro atoms. The number of rotatable bonds is 8. The maximum atomic E-state index is 12.8. The molecule has 0 saturated heterocycles. The zero-order valence-corrected chi connectivity index (χ0v) is 18.4. The van der Waals surface area contributed by atoms with Crippen LogP contribution in [0.2, 0.25) is 0 Å². The number of halogens is 1. The summed E-state index contributed by atoms with van der Waals surface area (Å²) >= 11 is 0. The Balaban J connectivity index is 1.77. The van der Waals surface area contributed by atoms with E-state index in [2.05, 4.69) is 4.72 Å². The van der Waals surface area contributed by atoms with Crippen molar-refractivity contribution in [3.05, 3.63) is 48.0 Å². The first kappa shape index (κ1) is 22.8. The van der Waals surface area contributed by atoms with Gasteiger partial charge in [-0.2, -0.15) is 9.03 Å². The van der Waals surface area contributed by atoms with Crippen LogP contribution in [0.25, 0.3) is 0 Å². The summed E-state index contributed by atoms with van der Waals surface area (Å²) < 4.78 is 66.7. The Bertz CT molecular complexity index is 986. The minimum Gasteiger partial charge on any atom is -0.457 e. The van der Waals surface area contributed by atoms with Crippen molar-refractivity contribution in [1.29, 1.82) is 0 Å². The van der Waals surface area contributed by atoms with Crippen LogP contribution in [0.3, 0.4) is 0 Å². The first-order valence-electron chi connectivity index (χ1n) is 9.34. The van der Waals surface area contributed by atoms with Crippen LogP contribution in [0.5, 0.6) is 11.5 Å². The third-order valence-corrected chi connectivity index (χ3v) is 7.53. The Kier molecular flexibility index (Phi) is 6.90. The van der Waals surface area contributed by atoms with Crippen molar-refractivity contribution in [2.24, 2.45) is 0 Å². The molecule has 1 aliphatic heterocycles. The SMILES string of the molecule is CCN(Cc1ccc(Oc2ccc3c(c2)S(O)(O)NCN3CCF)cc1)S(C)(=O)=O. The quantitative estimate of drug-likeness (QED) is 0.554. The number of alkyl halides is 1. The highest BCUT2D eigenvalue weighted by Gasteiger charge is 2.29. The molecule has 3 N–H and O–H groups in total. The number of anilines is 1. The Morgan fingerprint density at radius 3 is 2.47 bits per heavy atom. The molecule has 0 unspecified atom stereocenters. The third-order valence-electron chi connectivity index (χ3n) is 4.73. The average molecular weight is 460 g/mol. The van der Waals surface area contributed by atoms with E-state index in [0.29, 0.717) is 23.7 Å². The van der Waals surface area contributed by atoms with Crippen molar-refractivity contribution < 1.29 is 26.7 Å². The van der Waals surface area contributed by atoms with Crippen LogP contribution < -0.4 is 14.4 Å². The number of fused-ring (bicyclic) bond motifs is 1. The molecule has 0 aromatic heterocycles. The lowest BCUT2D eigenvalue weighted by Crippen LogP contribution is -2.41. The minimum absolute atomic E-state index is 0.138. The van der Waals surface area contributed by atoms with Gasteiger partial charge in [-0.05, 0) is 29.8 Å². The Morgan fingerprint density at radius 1 is 1.20 bits per heavy atom. The summed E-state index contributed by atoms with van der Waals surface area (Å²) in [7, 11) is -6.48. The largest absolute Gasteiger partial charge is 0.457 e. The number of ether oxygens (including phenoxy) is 1. The van der Waals surface area contributed by atoms with Crippen LogP contribution in [0, 0.1) is 0 Å². The molecule has 1 aliphatic rings. The van der Waals surface area contributed by atoms with Gasteiger partial charge in [0.15, 0.2) is 0 Å². The van der Waals surface area contributed by atoms with Gasteiger partial charge in [0.05, 0.1) is 18.6 Å². The molecule has 11 heteroatoms. The number of sulfonamides is 1. The molecule has 1 heterocycles. The van der Waals surface area contributed by atoms with Crippen LogP contribution in [0.1, 0.15) is 12.5 Å². The number of hydrogen-bond acceptors (Lipinski definition) is 7. The van der Waals surface area contributed by atoms with E-state index in [1.165, 1.54) is 16.6 Å². The highest BCUT2D eigenvalue weighted by atomic mass is 32.3. The summed E-state index contributed by atoms with van der Waals surface area (Å²) in [6.45, 7) is 2.16. The molecule has 0 aliphatic carbocycles. The molecule has 166 valence electrons. The van der Waals surface area contributed by atoms with E-state index in [4.69, 9.17) is 4.74 Å². The molecule has 0 fully saturated rings. The minimum atomic E-state index is -3.28. The second-order valence-corrected chi connectivity index (χ2v) is 10.7. The topological polar surface area (TPSA) is 102 Å². The molecule has 0 atom stereocenters. The fourth-order valence-electron chi connectivity index (χ4n) is 3.15. The van der Waals surface area contributed by atoms with E-state index in [0.717, 1.165) is 5.56 Å². The van der Waals surface area contributed by atoms with Gasteiger partial charge >= 0.3 is 0 Å². The second kappa shape index (κ2) is 9.08. The molecule has 30 heavy (non-hydrogen) atoms. The summed E-state index contributed by atoms with van der Waals surface area (Å²) in [6.07, 6.45) is 1.18. The summed E-state index contributed by atoms with van der Waals surface area (Å²) in [4.78, 5) is 1.94. The maximum Gasteiger partial charge on any atom is 0.211 e. The fraction of sp³-hybridized carbons (Fsp3) is 0.368. The lowest BCUT2D eigenvalue weighted by molar-refractivity contribution is 0.427. The summed E-state index contributed by atoms with van der Waals surface area (Å²) in [5.74, 6) is 0.915. The highest BCUT2D eigenvalue weighted by Crippen LogP contribution is 2.52. The molecule has 8 nitrogen and oxygen atoms in total. The number of benzene rings is 2. The van der Waals surface area contributed by atoms with E-state index in [9.17, 15) is 21.9 Å². The van der Waals surface area contributed by atoms with E-state index in [1.807, 2.05) is 0 Å². The van der Waals surface area contributed by atoms with Gasteiger partial charge < -0.3 is 9.64 Å². The smallest absolute Gasteiger partial charge is 0.211 e. The third kappa shape index (κ3) is 5.23. The number of nitrogens with one attached hydrogen (secondary N) is 1. The van der Waals surface area contributed by atoms with Crippen molar-refractivity contribution in [1.82, 2.24) is 9.03 Å². The average Bonchev–Trinajstić information content (AvgIpc) is 2.69. The standard InChI is InChI=1S/C19H26FN3O5S2/c1-3-23(29(2,24)25)13-15-4-6-16(7-5-15)28-17-8-9-18-19(12-17)30(26,27)21-14-22(18)11-10-20/h4-9,12,21,26-27H,3,10-11,13-14H2,1-2H3. The fourth-order valence-corrected chi connectivity index (χ4v) is 5.26. The van der Waals surface area contributed by atoms with E-state index >= 15 is 0 Å². The van der Waals surface area contributed by atoms with Gasteiger partial charge in [0.2, 0.25) is 10.0 Å². The molecule has 0 saturated carbocycles. The van der Waals surface area contributed by atoms with E-state index in [1.54, 1.807) is 48.2 Å². The molecule has 2 aromatic rings. The van der Waals surface area contributed by atoms with Crippen molar-refractivity contribution >= 4 is 26.5 Å². The monoisotopic (exact) mass is 459 g/mol. The lowest BCUT2D eigenvalue weighted by Gasteiger charge is -2.43. The first-order chi connectivity index (χ1) is 14.1. The normalized spacial score (nSPS) is 16.9. The van der Waals surface area contributed by atoms with Crippen LogP contribution in [-0.4, -0.2) is 54.5 Å². The van der Waals surface area contributed by atoms with E-state index < -0.39 is 27.5 Å². The molecule has 0 bridgehead atoms. The van der Waals surface area contributed by atoms with Crippen molar-refractivity contribution in [3.63, 3.8) is 0 Å². The molecule has 3 rings (SSSR count). The Hall–Kier alpha value is -1.89. The molecular weight excluding hydrogens is 433 g/mol. The zero-order valence-electron chi connectivity index (χ0n) is 16.8. The Labute approximate surface area is 177 Å². The number of nitrogens with zero attached hydrogens (tertiary/aromatic N) is 2. The van der Waals surface area contributed by atoms with Gasteiger partial charge in [-0.15, -0.1) is 10.8 Å². The molecule has 0 amide bonds. The maximum absolute atomic E-state index is 12.8. The Morgan fingerprint density at radius 2 is 1.87 bits per heavy atom. The van der Waals surface area contributed by atoms with Gasteiger partial charge in [-0.3, -0.25) is 9.11 Å². The zero-order chi connectivity index (χ0) is 21.9. The highest BCUT2D eigenvalue weighted by molar-refractivity contribution is 8.22. The van der Waals surface area contributed by atoms with Gasteiger partial charge in [-0.1, -0.05) is 19.1 Å². The van der Waals surface area contributed by atoms with Crippen molar-refractivity contribution in [3.8, 4) is 11.5 Å². The predicted octanol–water partition coefficient (Wildman–Crippen LogP) is 3.62. The molecule has 2 aromatic carbocycles. The number of hydrogen-bond donors (Lipinski definition) is 3. The molecular formula is C19H26FN3O5S2. The van der Waals surface area contributed by atoms with Crippen LogP contribution in [0.4, 0.5) is 10.1 Å². The summed E-state index contributed by atoms with van der Waals surface area (Å²) in [5, 5.41) is 0.